The largest absolute Gasteiger partial charge is 0.378 e. The molecule has 4 aromatic rings. The molecular weight excluding hydrogens is 426 g/mol. The van der Waals surface area contributed by atoms with E-state index < -0.39 is 0 Å². The van der Waals surface area contributed by atoms with Crippen molar-refractivity contribution in [3.05, 3.63) is 89.1 Å². The van der Waals surface area contributed by atoms with Crippen molar-refractivity contribution in [3.63, 3.8) is 0 Å². The van der Waals surface area contributed by atoms with Crippen molar-refractivity contribution in [3.8, 4) is 23.0 Å². The summed E-state index contributed by atoms with van der Waals surface area (Å²) in [6.07, 6.45) is 7.43. The molecule has 5 heterocycles. The molecule has 6 rings (SSSR count). The van der Waals surface area contributed by atoms with Gasteiger partial charge < -0.3 is 9.64 Å². The smallest absolute Gasteiger partial charge is 0.254 e. The second kappa shape index (κ2) is 8.58. The van der Waals surface area contributed by atoms with Gasteiger partial charge in [0.1, 0.15) is 11.3 Å². The van der Waals surface area contributed by atoms with Crippen LogP contribution in [-0.2, 0) is 11.3 Å². The number of nitrogens with zero attached hydrogens (tertiary/aromatic N) is 5. The molecule has 1 fully saturated rings. The zero-order chi connectivity index (χ0) is 22.9. The lowest BCUT2D eigenvalue weighted by molar-refractivity contribution is 0.0303. The zero-order valence-corrected chi connectivity index (χ0v) is 18.4. The number of benzene rings is 1. The van der Waals surface area contributed by atoms with Crippen LogP contribution >= 0.6 is 0 Å². The Morgan fingerprint density at radius 1 is 0.941 bits per heavy atom. The predicted molar refractivity (Wildman–Crippen MR) is 129 cm³/mol. The average molecular weight is 447 g/mol. The van der Waals surface area contributed by atoms with E-state index in [1.165, 1.54) is 0 Å². The first kappa shape index (κ1) is 20.3. The standard InChI is InChI=1S/C27H21N5O2/c33-27(31-11-13-34-14-12-31)21-3-1-19(2-4-21)22-6-8-26-30-15-23(32(26)18-22)7-5-20-9-10-29-25-17-28-16-24(20)25/h1-4,6,8-10,15-16,18H,11-14,17H2. The summed E-state index contributed by atoms with van der Waals surface area (Å²) >= 11 is 0. The Hall–Kier alpha value is -4.28. The van der Waals surface area contributed by atoms with Crippen LogP contribution in [0, 0.1) is 11.8 Å². The topological polar surface area (TPSA) is 72.1 Å². The van der Waals surface area contributed by atoms with Gasteiger partial charge in [0.25, 0.3) is 5.91 Å². The first-order valence-electron chi connectivity index (χ1n) is 11.2. The number of carbonyl (C=O) groups excluding carboxylic acids is 1. The quantitative estimate of drug-likeness (QED) is 0.443. The van der Waals surface area contributed by atoms with Gasteiger partial charge in [-0.1, -0.05) is 18.1 Å². The van der Waals surface area contributed by atoms with E-state index in [9.17, 15) is 4.79 Å². The van der Waals surface area contributed by atoms with Gasteiger partial charge in [-0.25, -0.2) is 4.98 Å². The van der Waals surface area contributed by atoms with Gasteiger partial charge >= 0.3 is 0 Å². The molecule has 2 aliphatic heterocycles. The molecule has 1 amide bonds. The summed E-state index contributed by atoms with van der Waals surface area (Å²) in [6, 6.07) is 13.7. The van der Waals surface area contributed by atoms with Gasteiger partial charge in [-0.3, -0.25) is 19.2 Å². The van der Waals surface area contributed by atoms with E-state index in [2.05, 4.69) is 26.8 Å². The first-order chi connectivity index (χ1) is 16.8. The first-order valence-corrected chi connectivity index (χ1v) is 11.2. The van der Waals surface area contributed by atoms with Crippen LogP contribution in [0.15, 0.2) is 66.0 Å². The molecule has 7 heteroatoms. The zero-order valence-electron chi connectivity index (χ0n) is 18.4. The van der Waals surface area contributed by atoms with Crippen molar-refractivity contribution in [1.82, 2.24) is 19.3 Å². The number of aromatic nitrogens is 3. The van der Waals surface area contributed by atoms with Gasteiger partial charge in [0, 0.05) is 48.4 Å². The molecule has 166 valence electrons. The number of hydrogen-bond donors (Lipinski definition) is 0. The molecule has 34 heavy (non-hydrogen) atoms. The molecule has 1 saturated heterocycles. The number of imidazole rings is 1. The fourth-order valence-electron chi connectivity index (χ4n) is 4.25. The van der Waals surface area contributed by atoms with Crippen molar-refractivity contribution in [1.29, 1.82) is 0 Å². The molecule has 3 aromatic heterocycles. The summed E-state index contributed by atoms with van der Waals surface area (Å²) < 4.78 is 7.33. The van der Waals surface area contributed by atoms with E-state index in [4.69, 9.17) is 4.74 Å². The van der Waals surface area contributed by atoms with Crippen LogP contribution in [0.2, 0.25) is 0 Å². The third-order valence-electron chi connectivity index (χ3n) is 6.13. The Morgan fingerprint density at radius 2 is 1.76 bits per heavy atom. The highest BCUT2D eigenvalue weighted by Gasteiger charge is 2.18. The van der Waals surface area contributed by atoms with E-state index in [-0.39, 0.29) is 5.91 Å². The van der Waals surface area contributed by atoms with E-state index in [0.717, 1.165) is 39.3 Å². The van der Waals surface area contributed by atoms with Gasteiger partial charge in [-0.2, -0.15) is 0 Å². The molecule has 0 saturated carbocycles. The van der Waals surface area contributed by atoms with Crippen LogP contribution in [0.1, 0.15) is 32.9 Å². The van der Waals surface area contributed by atoms with Crippen molar-refractivity contribution in [2.24, 2.45) is 4.99 Å². The number of aliphatic imine (C=N–C) groups is 1. The Bertz CT molecular complexity index is 1490. The van der Waals surface area contributed by atoms with E-state index in [0.29, 0.717) is 38.4 Å². The monoisotopic (exact) mass is 447 g/mol. The van der Waals surface area contributed by atoms with E-state index in [1.54, 1.807) is 12.4 Å². The molecule has 0 atom stereocenters. The van der Waals surface area contributed by atoms with Crippen LogP contribution < -0.4 is 0 Å². The highest BCUT2D eigenvalue weighted by molar-refractivity contribution is 5.94. The lowest BCUT2D eigenvalue weighted by atomic mass is 10.0. The van der Waals surface area contributed by atoms with Crippen molar-refractivity contribution in [2.45, 2.75) is 6.54 Å². The summed E-state index contributed by atoms with van der Waals surface area (Å²) in [5, 5.41) is 0. The molecular formula is C27H21N5O2. The SMILES string of the molecule is O=C(c1ccc(-c2ccc3ncc(C#Cc4ccnc5c4C=NC5)n3c2)cc1)N1CCOCC1. The van der Waals surface area contributed by atoms with Gasteiger partial charge in [0.15, 0.2) is 0 Å². The van der Waals surface area contributed by atoms with E-state index >= 15 is 0 Å². The molecule has 0 unspecified atom stereocenters. The number of rotatable bonds is 2. The minimum absolute atomic E-state index is 0.0464. The fourth-order valence-corrected chi connectivity index (χ4v) is 4.25. The molecule has 2 aliphatic rings. The van der Waals surface area contributed by atoms with Gasteiger partial charge in [0.05, 0.1) is 31.6 Å². The van der Waals surface area contributed by atoms with Crippen LogP contribution in [-0.4, -0.2) is 57.7 Å². The number of carbonyl (C=O) groups is 1. The van der Waals surface area contributed by atoms with Crippen LogP contribution in [0.4, 0.5) is 0 Å². The predicted octanol–water partition coefficient (Wildman–Crippen LogP) is 3.20. The maximum Gasteiger partial charge on any atom is 0.254 e. The summed E-state index contributed by atoms with van der Waals surface area (Å²) in [7, 11) is 0. The molecule has 0 N–H and O–H groups in total. The summed E-state index contributed by atoms with van der Waals surface area (Å²) in [5.41, 5.74) is 7.24. The minimum Gasteiger partial charge on any atom is -0.378 e. The molecule has 7 nitrogen and oxygen atoms in total. The number of hydrogen-bond acceptors (Lipinski definition) is 5. The van der Waals surface area contributed by atoms with E-state index in [1.807, 2.05) is 64.2 Å². The second-order valence-electron chi connectivity index (χ2n) is 8.21. The second-order valence-corrected chi connectivity index (χ2v) is 8.21. The van der Waals surface area contributed by atoms with Crippen LogP contribution in [0.3, 0.4) is 0 Å². The summed E-state index contributed by atoms with van der Waals surface area (Å²) in [4.78, 5) is 27.7. The Labute approximate surface area is 196 Å². The Balaban J connectivity index is 1.28. The number of pyridine rings is 2. The molecule has 0 radical (unpaired) electrons. The number of morpholine rings is 1. The highest BCUT2D eigenvalue weighted by Crippen LogP contribution is 2.22. The lowest BCUT2D eigenvalue weighted by Crippen LogP contribution is -2.40. The van der Waals surface area contributed by atoms with Crippen LogP contribution in [0.25, 0.3) is 16.8 Å². The van der Waals surface area contributed by atoms with Gasteiger partial charge in [-0.15, -0.1) is 0 Å². The molecule has 0 aliphatic carbocycles. The summed E-state index contributed by atoms with van der Waals surface area (Å²) in [6.45, 7) is 3.07. The summed E-state index contributed by atoms with van der Waals surface area (Å²) in [5.74, 6) is 6.56. The van der Waals surface area contributed by atoms with Gasteiger partial charge in [0.2, 0.25) is 0 Å². The highest BCUT2D eigenvalue weighted by atomic mass is 16.5. The van der Waals surface area contributed by atoms with Crippen LogP contribution in [0.5, 0.6) is 0 Å². The number of fused-ring (bicyclic) bond motifs is 2. The molecule has 0 spiro atoms. The maximum absolute atomic E-state index is 12.7. The third kappa shape index (κ3) is 3.74. The third-order valence-corrected chi connectivity index (χ3v) is 6.13. The number of amides is 1. The fraction of sp³-hybridized carbons (Fsp3) is 0.185. The van der Waals surface area contributed by atoms with Crippen molar-refractivity contribution in [2.75, 3.05) is 26.3 Å². The maximum atomic E-state index is 12.7. The van der Waals surface area contributed by atoms with Crippen molar-refractivity contribution >= 4 is 17.8 Å². The number of ether oxygens (including phenoxy) is 1. The molecule has 1 aromatic carbocycles. The molecule has 0 bridgehead atoms. The average Bonchev–Trinajstić information content (AvgIpc) is 3.55. The van der Waals surface area contributed by atoms with Crippen molar-refractivity contribution < 1.29 is 9.53 Å². The van der Waals surface area contributed by atoms with Gasteiger partial charge in [-0.05, 0) is 47.4 Å². The Kier molecular flexibility index (Phi) is 5.13. The Morgan fingerprint density at radius 3 is 2.62 bits per heavy atom. The lowest BCUT2D eigenvalue weighted by Gasteiger charge is -2.26. The normalized spacial score (nSPS) is 14.6. The minimum atomic E-state index is 0.0464.